The number of carbonyl (C=O) groups excluding carboxylic acids is 4. The maximum absolute atomic E-state index is 14.2. The van der Waals surface area contributed by atoms with Gasteiger partial charge in [0.25, 0.3) is 0 Å². The number of phenolic OH excluding ortho intramolecular Hbond substituents is 1. The van der Waals surface area contributed by atoms with Crippen LogP contribution in [-0.4, -0.2) is 40.7 Å². The summed E-state index contributed by atoms with van der Waals surface area (Å²) in [5, 5.41) is 9.71. The third-order valence-corrected chi connectivity index (χ3v) is 9.17. The molecule has 6 rings (SSSR count). The average Bonchev–Trinajstić information content (AvgIpc) is 3.21. The molecule has 3 fully saturated rings. The van der Waals surface area contributed by atoms with Crippen LogP contribution in [0.15, 0.2) is 54.1 Å². The number of amides is 4. The molecule has 1 N–H and O–H groups in total. The highest BCUT2D eigenvalue weighted by Crippen LogP contribution is 2.63. The Kier molecular flexibility index (Phi) is 5.15. The number of hydrogen-bond acceptors (Lipinski definition) is 5. The van der Waals surface area contributed by atoms with Gasteiger partial charge in [0.2, 0.25) is 23.6 Å². The lowest BCUT2D eigenvalue weighted by Gasteiger charge is -2.49. The van der Waals surface area contributed by atoms with Gasteiger partial charge in [0.1, 0.15) is 11.6 Å². The van der Waals surface area contributed by atoms with Crippen LogP contribution in [-0.2, 0) is 19.2 Å². The third kappa shape index (κ3) is 3.11. The summed E-state index contributed by atoms with van der Waals surface area (Å²) in [6, 6.07) is 10.2. The molecule has 2 aromatic rings. The number of benzene rings is 2. The van der Waals surface area contributed by atoms with Gasteiger partial charge < -0.3 is 5.11 Å². The second kappa shape index (κ2) is 7.99. The van der Waals surface area contributed by atoms with Crippen LogP contribution in [0.3, 0.4) is 0 Å². The molecule has 0 unspecified atom stereocenters. The number of aromatic hydroxyl groups is 1. The highest BCUT2D eigenvalue weighted by atomic mass is 35.5. The van der Waals surface area contributed by atoms with Gasteiger partial charge in [0, 0.05) is 13.0 Å². The lowest BCUT2D eigenvalue weighted by molar-refractivity contribution is -0.138. The standard InChI is InChI=1S/C28H24ClFN2O5/c1-28-19(25(35)32(27(28)37)14-5-10-21(30)20(29)11-14)12-18-16(23(28)13-3-6-15(33)7-4-13)8-9-17-22(18)26(36)31(2)24(17)34/h3-8,10-11,17-19,22-23,33H,9,12H2,1-2H3/t17-,18+,19-,22-,23-,28+/m0/s1. The molecule has 2 saturated heterocycles. The molecule has 0 bridgehead atoms. The van der Waals surface area contributed by atoms with Crippen molar-refractivity contribution in [2.24, 2.45) is 29.1 Å². The summed E-state index contributed by atoms with van der Waals surface area (Å²) in [4.78, 5) is 56.3. The van der Waals surface area contributed by atoms with Gasteiger partial charge in [-0.1, -0.05) is 35.4 Å². The summed E-state index contributed by atoms with van der Waals surface area (Å²) in [6.45, 7) is 1.76. The fraction of sp³-hybridized carbons (Fsp3) is 0.357. The van der Waals surface area contributed by atoms with Gasteiger partial charge in [-0.15, -0.1) is 0 Å². The van der Waals surface area contributed by atoms with Gasteiger partial charge in [-0.3, -0.25) is 24.1 Å². The fourth-order valence-corrected chi connectivity index (χ4v) is 7.26. The smallest absolute Gasteiger partial charge is 0.241 e. The van der Waals surface area contributed by atoms with Crippen molar-refractivity contribution in [1.29, 1.82) is 0 Å². The van der Waals surface area contributed by atoms with Crippen molar-refractivity contribution in [3.8, 4) is 5.75 Å². The second-order valence-electron chi connectivity index (χ2n) is 10.6. The van der Waals surface area contributed by atoms with E-state index >= 15 is 0 Å². The summed E-state index contributed by atoms with van der Waals surface area (Å²) < 4.78 is 13.9. The predicted octanol–water partition coefficient (Wildman–Crippen LogP) is 4.05. The molecule has 2 aliphatic carbocycles. The van der Waals surface area contributed by atoms with E-state index in [1.807, 2.05) is 6.08 Å². The van der Waals surface area contributed by atoms with E-state index in [9.17, 15) is 28.7 Å². The molecule has 6 atom stereocenters. The normalized spacial score (nSPS) is 32.9. The van der Waals surface area contributed by atoms with Crippen molar-refractivity contribution < 1.29 is 28.7 Å². The first-order valence-electron chi connectivity index (χ1n) is 12.2. The van der Waals surface area contributed by atoms with E-state index in [-0.39, 0.29) is 34.7 Å². The van der Waals surface area contributed by atoms with Crippen LogP contribution in [0.25, 0.3) is 0 Å². The number of nitrogens with zero attached hydrogens (tertiary/aromatic N) is 2. The number of fused-ring (bicyclic) bond motifs is 4. The van der Waals surface area contributed by atoms with Crippen molar-refractivity contribution in [2.45, 2.75) is 25.7 Å². The van der Waals surface area contributed by atoms with Crippen molar-refractivity contribution in [2.75, 3.05) is 11.9 Å². The largest absolute Gasteiger partial charge is 0.508 e. The molecular formula is C28H24ClFN2O5. The van der Waals surface area contributed by atoms with Crippen molar-refractivity contribution in [3.63, 3.8) is 0 Å². The predicted molar refractivity (Wildman–Crippen MR) is 132 cm³/mol. The van der Waals surface area contributed by atoms with Crippen LogP contribution in [0.5, 0.6) is 5.75 Å². The molecule has 4 amide bonds. The van der Waals surface area contributed by atoms with Gasteiger partial charge >= 0.3 is 0 Å². The number of rotatable bonds is 2. The molecule has 0 radical (unpaired) electrons. The van der Waals surface area contributed by atoms with E-state index < -0.39 is 52.6 Å². The van der Waals surface area contributed by atoms with Gasteiger partial charge in [-0.2, -0.15) is 0 Å². The summed E-state index contributed by atoms with van der Waals surface area (Å²) in [5.74, 6) is -4.80. The fourth-order valence-electron chi connectivity index (χ4n) is 7.09. The molecule has 7 nitrogen and oxygen atoms in total. The van der Waals surface area contributed by atoms with Gasteiger partial charge in [0.15, 0.2) is 0 Å². The number of phenols is 1. The topological polar surface area (TPSA) is 95.0 Å². The van der Waals surface area contributed by atoms with E-state index in [0.29, 0.717) is 6.42 Å². The molecule has 0 aromatic heterocycles. The Labute approximate surface area is 217 Å². The first-order valence-corrected chi connectivity index (χ1v) is 12.6. The lowest BCUT2D eigenvalue weighted by atomic mass is 9.51. The van der Waals surface area contributed by atoms with Crippen LogP contribution in [0.1, 0.15) is 31.2 Å². The zero-order chi connectivity index (χ0) is 26.4. The molecule has 9 heteroatoms. The third-order valence-electron chi connectivity index (χ3n) is 8.88. The zero-order valence-electron chi connectivity index (χ0n) is 20.2. The first kappa shape index (κ1) is 23.9. The quantitative estimate of drug-likeness (QED) is 0.474. The minimum absolute atomic E-state index is 0.0603. The average molecular weight is 523 g/mol. The van der Waals surface area contributed by atoms with Crippen LogP contribution in [0, 0.1) is 34.9 Å². The molecule has 1 saturated carbocycles. The Morgan fingerprint density at radius 2 is 1.70 bits per heavy atom. The van der Waals surface area contributed by atoms with Gasteiger partial charge in [-0.25, -0.2) is 9.29 Å². The SMILES string of the molecule is CN1C(=O)[C@H]2[C@H](CC=C3[C@H]2C[C@H]2C(=O)N(c4ccc(F)c(Cl)c4)C(=O)[C@@]2(C)[C@H]3c2ccc(O)cc2)C1=O. The van der Waals surface area contributed by atoms with Crippen LogP contribution >= 0.6 is 11.6 Å². The maximum atomic E-state index is 14.2. The molecular weight excluding hydrogens is 499 g/mol. The lowest BCUT2D eigenvalue weighted by Crippen LogP contribution is -2.48. The molecule has 2 heterocycles. The summed E-state index contributed by atoms with van der Waals surface area (Å²) in [5.41, 5.74) is 0.567. The summed E-state index contributed by atoms with van der Waals surface area (Å²) >= 11 is 5.99. The Morgan fingerprint density at radius 3 is 2.38 bits per heavy atom. The molecule has 0 spiro atoms. The molecule has 4 aliphatic rings. The highest BCUT2D eigenvalue weighted by Gasteiger charge is 2.67. The molecule has 2 aliphatic heterocycles. The zero-order valence-corrected chi connectivity index (χ0v) is 20.9. The number of carbonyl (C=O) groups is 4. The van der Waals surface area contributed by atoms with Crippen molar-refractivity contribution in [3.05, 3.63) is 70.5 Å². The number of allylic oxidation sites excluding steroid dienone is 2. The van der Waals surface area contributed by atoms with Crippen LogP contribution in [0.2, 0.25) is 5.02 Å². The monoisotopic (exact) mass is 522 g/mol. The van der Waals surface area contributed by atoms with Crippen molar-refractivity contribution >= 4 is 40.9 Å². The van der Waals surface area contributed by atoms with E-state index in [2.05, 4.69) is 0 Å². The second-order valence-corrected chi connectivity index (χ2v) is 11.0. The van der Waals surface area contributed by atoms with Crippen LogP contribution < -0.4 is 4.90 Å². The number of hydrogen-bond donors (Lipinski definition) is 1. The van der Waals surface area contributed by atoms with E-state index in [1.54, 1.807) is 19.1 Å². The molecule has 190 valence electrons. The van der Waals surface area contributed by atoms with E-state index in [0.717, 1.165) is 22.1 Å². The number of imide groups is 2. The minimum atomic E-state index is -1.21. The Morgan fingerprint density at radius 1 is 1.00 bits per heavy atom. The Hall–Kier alpha value is -3.52. The van der Waals surface area contributed by atoms with Crippen molar-refractivity contribution in [1.82, 2.24) is 4.90 Å². The van der Waals surface area contributed by atoms with Crippen LogP contribution in [0.4, 0.5) is 10.1 Å². The van der Waals surface area contributed by atoms with Gasteiger partial charge in [0.05, 0.1) is 33.9 Å². The van der Waals surface area contributed by atoms with E-state index in [4.69, 9.17) is 11.6 Å². The number of halogens is 2. The van der Waals surface area contributed by atoms with E-state index in [1.165, 1.54) is 36.2 Å². The molecule has 37 heavy (non-hydrogen) atoms. The molecule has 2 aromatic carbocycles. The summed E-state index contributed by atoms with van der Waals surface area (Å²) in [6.07, 6.45) is 2.57. The Bertz CT molecular complexity index is 1420. The highest BCUT2D eigenvalue weighted by molar-refractivity contribution is 6.31. The number of anilines is 1. The number of likely N-dealkylation sites (tertiary alicyclic amines) is 1. The minimum Gasteiger partial charge on any atom is -0.508 e. The van der Waals surface area contributed by atoms with Gasteiger partial charge in [-0.05, 0) is 61.6 Å². The Balaban J connectivity index is 1.53. The maximum Gasteiger partial charge on any atom is 0.241 e. The first-order chi connectivity index (χ1) is 17.6. The summed E-state index contributed by atoms with van der Waals surface area (Å²) in [7, 11) is 1.48.